The van der Waals surface area contributed by atoms with Gasteiger partial charge in [0.25, 0.3) is 0 Å². The third kappa shape index (κ3) is 15.9. The van der Waals surface area contributed by atoms with Gasteiger partial charge in [0.2, 0.25) is 0 Å². The molecule has 0 aromatic heterocycles. The molecule has 0 aliphatic heterocycles. The van der Waals surface area contributed by atoms with Crippen molar-refractivity contribution in [2.45, 2.75) is 45.4 Å². The fourth-order valence-electron chi connectivity index (χ4n) is 1.40. The second-order valence-corrected chi connectivity index (χ2v) is 4.51. The van der Waals surface area contributed by atoms with Gasteiger partial charge in [-0.05, 0) is 26.2 Å². The van der Waals surface area contributed by atoms with Crippen LogP contribution in [-0.2, 0) is 14.3 Å². The Labute approximate surface area is 110 Å². The molecular formula is C13H25ClO3. The normalized spacial score (nSPS) is 10.7. The Hall–Kier alpha value is -0.120. The van der Waals surface area contributed by atoms with E-state index in [-0.39, 0.29) is 5.78 Å². The van der Waals surface area contributed by atoms with E-state index in [1.54, 1.807) is 6.92 Å². The highest BCUT2D eigenvalue weighted by Gasteiger charge is 1.94. The fourth-order valence-corrected chi connectivity index (χ4v) is 1.59. The minimum Gasteiger partial charge on any atom is -0.379 e. The molecule has 0 radical (unpaired) electrons. The Morgan fingerprint density at radius 3 is 2.06 bits per heavy atom. The van der Waals surface area contributed by atoms with E-state index in [1.807, 2.05) is 0 Å². The molecule has 0 fully saturated rings. The molecule has 0 aliphatic carbocycles. The molecule has 4 heteroatoms. The molecule has 0 saturated carbocycles. The average molecular weight is 265 g/mol. The van der Waals surface area contributed by atoms with Crippen molar-refractivity contribution >= 4 is 17.4 Å². The number of carbonyl (C=O) groups is 1. The summed E-state index contributed by atoms with van der Waals surface area (Å²) >= 11 is 5.58. The lowest BCUT2D eigenvalue weighted by Crippen LogP contribution is -2.07. The van der Waals surface area contributed by atoms with Crippen LogP contribution in [0, 0.1) is 0 Å². The van der Waals surface area contributed by atoms with Gasteiger partial charge in [0, 0.05) is 25.5 Å². The van der Waals surface area contributed by atoms with Crippen LogP contribution >= 0.6 is 11.6 Å². The fraction of sp³-hybridized carbons (Fsp3) is 0.923. The van der Waals surface area contributed by atoms with Crippen molar-refractivity contribution in [2.24, 2.45) is 0 Å². The van der Waals surface area contributed by atoms with E-state index in [0.29, 0.717) is 26.2 Å². The van der Waals surface area contributed by atoms with E-state index in [0.717, 1.165) is 31.7 Å². The Morgan fingerprint density at radius 1 is 0.882 bits per heavy atom. The Kier molecular flexibility index (Phi) is 13.8. The van der Waals surface area contributed by atoms with Crippen LogP contribution in [0.2, 0.25) is 0 Å². The highest BCUT2D eigenvalue weighted by atomic mass is 35.5. The van der Waals surface area contributed by atoms with Crippen molar-refractivity contribution in [1.29, 1.82) is 0 Å². The summed E-state index contributed by atoms with van der Waals surface area (Å²) in [6.07, 6.45) is 6.00. The van der Waals surface area contributed by atoms with Gasteiger partial charge in [0.15, 0.2) is 0 Å². The van der Waals surface area contributed by atoms with Gasteiger partial charge in [-0.1, -0.05) is 12.8 Å². The summed E-state index contributed by atoms with van der Waals surface area (Å²) < 4.78 is 10.8. The maximum atomic E-state index is 10.6. The number of hydrogen-bond donors (Lipinski definition) is 0. The van der Waals surface area contributed by atoms with Gasteiger partial charge >= 0.3 is 0 Å². The van der Waals surface area contributed by atoms with Crippen molar-refractivity contribution in [2.75, 3.05) is 32.3 Å². The van der Waals surface area contributed by atoms with Crippen LogP contribution in [-0.4, -0.2) is 38.1 Å². The predicted octanol–water partition coefficient (Wildman–Crippen LogP) is 3.19. The van der Waals surface area contributed by atoms with Crippen molar-refractivity contribution in [3.05, 3.63) is 0 Å². The maximum absolute atomic E-state index is 10.6. The summed E-state index contributed by atoms with van der Waals surface area (Å²) in [6, 6.07) is 0. The average Bonchev–Trinajstić information content (AvgIpc) is 2.30. The summed E-state index contributed by atoms with van der Waals surface area (Å²) in [7, 11) is 0. The number of unbranched alkanes of at least 4 members (excludes halogenated alkanes) is 3. The first-order chi connectivity index (χ1) is 8.27. The molecule has 0 aromatic carbocycles. The number of carbonyl (C=O) groups excluding carboxylic acids is 1. The minimum absolute atomic E-state index is 0.224. The molecule has 0 aliphatic rings. The topological polar surface area (TPSA) is 35.5 Å². The molecule has 0 amide bonds. The highest BCUT2D eigenvalue weighted by molar-refractivity contribution is 6.17. The van der Waals surface area contributed by atoms with E-state index < -0.39 is 0 Å². The first kappa shape index (κ1) is 16.9. The molecule has 0 heterocycles. The van der Waals surface area contributed by atoms with E-state index in [2.05, 4.69) is 0 Å². The predicted molar refractivity (Wildman–Crippen MR) is 70.7 cm³/mol. The molecule has 0 rings (SSSR count). The quantitative estimate of drug-likeness (QED) is 0.379. The second kappa shape index (κ2) is 13.9. The number of ketones is 1. The van der Waals surface area contributed by atoms with Crippen molar-refractivity contribution in [3.8, 4) is 0 Å². The Balaban J connectivity index is 2.91. The molecule has 0 unspecified atom stereocenters. The smallest absolute Gasteiger partial charge is 0.129 e. The van der Waals surface area contributed by atoms with Crippen molar-refractivity contribution in [1.82, 2.24) is 0 Å². The summed E-state index contributed by atoms with van der Waals surface area (Å²) in [5, 5.41) is 0. The second-order valence-electron chi connectivity index (χ2n) is 4.13. The van der Waals surface area contributed by atoms with Gasteiger partial charge in [-0.15, -0.1) is 11.6 Å². The van der Waals surface area contributed by atoms with Crippen molar-refractivity contribution in [3.63, 3.8) is 0 Å². The van der Waals surface area contributed by atoms with Crippen LogP contribution in [0.4, 0.5) is 0 Å². The summed E-state index contributed by atoms with van der Waals surface area (Å²) in [5.74, 6) is 0.983. The number of rotatable bonds is 13. The van der Waals surface area contributed by atoms with Crippen LogP contribution in [0.1, 0.15) is 45.4 Å². The maximum Gasteiger partial charge on any atom is 0.129 e. The lowest BCUT2D eigenvalue weighted by Gasteiger charge is -2.05. The van der Waals surface area contributed by atoms with E-state index in [9.17, 15) is 4.79 Å². The number of halogens is 1. The summed E-state index contributed by atoms with van der Waals surface area (Å²) in [5.41, 5.74) is 0. The third-order valence-electron chi connectivity index (χ3n) is 2.36. The summed E-state index contributed by atoms with van der Waals surface area (Å²) in [4.78, 5) is 10.6. The van der Waals surface area contributed by atoms with Crippen molar-refractivity contribution < 1.29 is 14.3 Å². The van der Waals surface area contributed by atoms with Crippen LogP contribution in [0.5, 0.6) is 0 Å². The largest absolute Gasteiger partial charge is 0.379 e. The first-order valence-electron chi connectivity index (χ1n) is 6.48. The zero-order valence-corrected chi connectivity index (χ0v) is 11.6. The molecule has 0 N–H and O–H groups in total. The minimum atomic E-state index is 0.224. The van der Waals surface area contributed by atoms with E-state index >= 15 is 0 Å². The Bertz CT molecular complexity index is 174. The summed E-state index contributed by atoms with van der Waals surface area (Å²) in [6.45, 7) is 4.33. The Morgan fingerprint density at radius 2 is 1.47 bits per heavy atom. The lowest BCUT2D eigenvalue weighted by atomic mass is 10.2. The van der Waals surface area contributed by atoms with Gasteiger partial charge in [-0.25, -0.2) is 0 Å². The van der Waals surface area contributed by atoms with Gasteiger partial charge in [0.05, 0.1) is 13.2 Å². The van der Waals surface area contributed by atoms with Crippen LogP contribution in [0.25, 0.3) is 0 Å². The molecule has 0 atom stereocenters. The molecule has 0 spiro atoms. The van der Waals surface area contributed by atoms with E-state index in [1.165, 1.54) is 12.8 Å². The molecule has 17 heavy (non-hydrogen) atoms. The van der Waals surface area contributed by atoms with Gasteiger partial charge in [0.1, 0.15) is 5.78 Å². The zero-order chi connectivity index (χ0) is 12.8. The van der Waals surface area contributed by atoms with Gasteiger partial charge in [-0.2, -0.15) is 0 Å². The lowest BCUT2D eigenvalue weighted by molar-refractivity contribution is -0.117. The standard InChI is InChI=1S/C13H25ClO3/c1-13(15)7-6-10-17-12-11-16-9-5-3-2-4-8-14/h2-12H2,1H3. The van der Waals surface area contributed by atoms with Gasteiger partial charge in [-0.3, -0.25) is 0 Å². The highest BCUT2D eigenvalue weighted by Crippen LogP contribution is 2.01. The van der Waals surface area contributed by atoms with E-state index in [4.69, 9.17) is 21.1 Å². The monoisotopic (exact) mass is 264 g/mol. The molecule has 3 nitrogen and oxygen atoms in total. The van der Waals surface area contributed by atoms with Gasteiger partial charge < -0.3 is 14.3 Å². The first-order valence-corrected chi connectivity index (χ1v) is 7.01. The molecule has 0 bridgehead atoms. The third-order valence-corrected chi connectivity index (χ3v) is 2.63. The molecular weight excluding hydrogens is 240 g/mol. The SMILES string of the molecule is CC(=O)CCCOCCOCCCCCCCl. The number of alkyl halides is 1. The molecule has 0 aromatic rings. The number of Topliss-reactive ketones (excluding diaryl/α,β-unsaturated/α-hetero) is 1. The van der Waals surface area contributed by atoms with Crippen LogP contribution < -0.4 is 0 Å². The molecule has 102 valence electrons. The molecule has 0 saturated heterocycles. The zero-order valence-electron chi connectivity index (χ0n) is 10.9. The van der Waals surface area contributed by atoms with Crippen LogP contribution in [0.15, 0.2) is 0 Å². The number of ether oxygens (including phenoxy) is 2. The van der Waals surface area contributed by atoms with Crippen LogP contribution in [0.3, 0.4) is 0 Å². The number of hydrogen-bond acceptors (Lipinski definition) is 3.